The second-order valence-electron chi connectivity index (χ2n) is 6.80. The van der Waals surface area contributed by atoms with E-state index in [1.807, 2.05) is 60.4 Å². The quantitative estimate of drug-likeness (QED) is 0.583. The molecule has 1 amide bonds. The third-order valence-corrected chi connectivity index (χ3v) is 5.37. The van der Waals surface area contributed by atoms with Crippen molar-refractivity contribution in [3.8, 4) is 5.75 Å². The van der Waals surface area contributed by atoms with Gasteiger partial charge >= 0.3 is 0 Å². The van der Waals surface area contributed by atoms with Crippen LogP contribution in [0.3, 0.4) is 0 Å². The highest BCUT2D eigenvalue weighted by molar-refractivity contribution is 9.10. The molecular weight excluding hydrogens is 390 g/mol. The lowest BCUT2D eigenvalue weighted by molar-refractivity contribution is -0.124. The Morgan fingerprint density at radius 2 is 1.85 bits per heavy atom. The second kappa shape index (κ2) is 6.76. The summed E-state index contributed by atoms with van der Waals surface area (Å²) in [5, 5.41) is 2.22. The van der Waals surface area contributed by atoms with Gasteiger partial charge in [-0.25, -0.2) is 0 Å². The molecule has 0 unspecified atom stereocenters. The summed E-state index contributed by atoms with van der Waals surface area (Å²) in [7, 11) is 0. The minimum absolute atomic E-state index is 0.00152. The van der Waals surface area contributed by atoms with Gasteiger partial charge in [-0.1, -0.05) is 46.3 Å². The molecule has 0 fully saturated rings. The summed E-state index contributed by atoms with van der Waals surface area (Å²) in [6.45, 7) is 3.90. The zero-order valence-corrected chi connectivity index (χ0v) is 16.4. The van der Waals surface area contributed by atoms with Crippen molar-refractivity contribution in [1.29, 1.82) is 0 Å². The number of carbonyl (C=O) groups is 1. The maximum Gasteiger partial charge on any atom is 0.268 e. The van der Waals surface area contributed by atoms with Crippen LogP contribution >= 0.6 is 15.9 Å². The number of nitrogens with zero attached hydrogens (tertiary/aromatic N) is 1. The molecule has 0 spiro atoms. The normalized spacial score (nSPS) is 17.2. The first-order chi connectivity index (χ1) is 12.5. The fraction of sp³-hybridized carbons (Fsp3) is 0.227. The monoisotopic (exact) mass is 409 g/mol. The molecular formula is C22H20BrNO2. The molecule has 26 heavy (non-hydrogen) atoms. The van der Waals surface area contributed by atoms with Gasteiger partial charge < -0.3 is 9.64 Å². The maximum atomic E-state index is 13.0. The number of amides is 1. The highest BCUT2D eigenvalue weighted by Crippen LogP contribution is 2.33. The molecule has 3 aromatic carbocycles. The van der Waals surface area contributed by atoms with Crippen molar-refractivity contribution in [3.05, 3.63) is 70.7 Å². The molecule has 1 aliphatic heterocycles. The molecule has 2 atom stereocenters. The summed E-state index contributed by atoms with van der Waals surface area (Å²) < 4.78 is 7.03. The summed E-state index contributed by atoms with van der Waals surface area (Å²) in [4.78, 5) is 14.9. The molecule has 4 heteroatoms. The number of fused-ring (bicyclic) bond motifs is 2. The van der Waals surface area contributed by atoms with E-state index in [9.17, 15) is 4.79 Å². The van der Waals surface area contributed by atoms with Crippen molar-refractivity contribution in [3.63, 3.8) is 0 Å². The Balaban J connectivity index is 1.55. The molecule has 1 heterocycles. The van der Waals surface area contributed by atoms with Gasteiger partial charge in [-0.2, -0.15) is 0 Å². The number of ether oxygens (including phenoxy) is 1. The van der Waals surface area contributed by atoms with Gasteiger partial charge in [0.05, 0.1) is 0 Å². The van der Waals surface area contributed by atoms with Gasteiger partial charge in [0.1, 0.15) is 5.75 Å². The van der Waals surface area contributed by atoms with E-state index in [2.05, 4.69) is 35.0 Å². The van der Waals surface area contributed by atoms with Crippen LogP contribution in [-0.2, 0) is 11.2 Å². The summed E-state index contributed by atoms with van der Waals surface area (Å²) in [5.74, 6) is 0.708. The van der Waals surface area contributed by atoms with Crippen LogP contribution in [0.25, 0.3) is 10.8 Å². The Kier molecular flexibility index (Phi) is 4.45. The second-order valence-corrected chi connectivity index (χ2v) is 7.72. The predicted molar refractivity (Wildman–Crippen MR) is 109 cm³/mol. The highest BCUT2D eigenvalue weighted by atomic mass is 79.9. The topological polar surface area (TPSA) is 29.5 Å². The molecule has 132 valence electrons. The Bertz CT molecular complexity index is 985. The largest absolute Gasteiger partial charge is 0.481 e. The zero-order valence-electron chi connectivity index (χ0n) is 14.8. The summed E-state index contributed by atoms with van der Waals surface area (Å²) in [5.41, 5.74) is 2.22. The Morgan fingerprint density at radius 3 is 2.69 bits per heavy atom. The van der Waals surface area contributed by atoms with Crippen LogP contribution in [0.4, 0.5) is 5.69 Å². The van der Waals surface area contributed by atoms with Crippen LogP contribution in [0.15, 0.2) is 65.1 Å². The van der Waals surface area contributed by atoms with Gasteiger partial charge in [-0.3, -0.25) is 4.79 Å². The van der Waals surface area contributed by atoms with Crippen LogP contribution in [0.5, 0.6) is 5.75 Å². The lowest BCUT2D eigenvalue weighted by Crippen LogP contribution is -2.43. The molecule has 1 aliphatic rings. The summed E-state index contributed by atoms with van der Waals surface area (Å²) in [6, 6.07) is 20.3. The van der Waals surface area contributed by atoms with Crippen molar-refractivity contribution in [2.75, 3.05) is 4.90 Å². The Hall–Kier alpha value is -2.33. The number of para-hydroxylation sites is 1. The van der Waals surface area contributed by atoms with E-state index >= 15 is 0 Å². The van der Waals surface area contributed by atoms with Crippen LogP contribution in [-0.4, -0.2) is 18.1 Å². The first-order valence-electron chi connectivity index (χ1n) is 8.80. The summed E-state index contributed by atoms with van der Waals surface area (Å²) in [6.07, 6.45) is 0.343. The van der Waals surface area contributed by atoms with E-state index in [1.54, 1.807) is 0 Å². The summed E-state index contributed by atoms with van der Waals surface area (Å²) >= 11 is 3.49. The molecule has 0 radical (unpaired) electrons. The first kappa shape index (κ1) is 17.1. The van der Waals surface area contributed by atoms with E-state index in [4.69, 9.17) is 4.74 Å². The van der Waals surface area contributed by atoms with Crippen molar-refractivity contribution in [1.82, 2.24) is 0 Å². The van der Waals surface area contributed by atoms with Crippen LogP contribution in [0.2, 0.25) is 0 Å². The lowest BCUT2D eigenvalue weighted by atomic mass is 10.1. The third-order valence-electron chi connectivity index (χ3n) is 4.88. The first-order valence-corrected chi connectivity index (χ1v) is 9.59. The molecule has 0 aromatic heterocycles. The average Bonchev–Trinajstić information content (AvgIpc) is 2.96. The number of benzene rings is 3. The number of anilines is 1. The van der Waals surface area contributed by atoms with Crippen LogP contribution < -0.4 is 9.64 Å². The number of hydrogen-bond donors (Lipinski definition) is 0. The Labute approximate surface area is 161 Å². The Morgan fingerprint density at radius 1 is 1.12 bits per heavy atom. The van der Waals surface area contributed by atoms with E-state index in [0.29, 0.717) is 5.75 Å². The smallest absolute Gasteiger partial charge is 0.268 e. The molecule has 0 saturated carbocycles. The fourth-order valence-electron chi connectivity index (χ4n) is 3.62. The van der Waals surface area contributed by atoms with Crippen molar-refractivity contribution in [2.24, 2.45) is 0 Å². The SMILES string of the molecule is C[C@@H]1Cc2ccccc2N1C(=O)[C@@H](C)Oc1ccc2cc(Br)ccc2c1. The van der Waals surface area contributed by atoms with Gasteiger partial charge in [0, 0.05) is 16.2 Å². The number of halogens is 1. The van der Waals surface area contributed by atoms with Crippen molar-refractivity contribution in [2.45, 2.75) is 32.4 Å². The van der Waals surface area contributed by atoms with Crippen molar-refractivity contribution < 1.29 is 9.53 Å². The minimum Gasteiger partial charge on any atom is -0.481 e. The van der Waals surface area contributed by atoms with Gasteiger partial charge in [0.25, 0.3) is 5.91 Å². The molecule has 0 bridgehead atoms. The molecule has 4 rings (SSSR count). The van der Waals surface area contributed by atoms with Gasteiger partial charge in [0.2, 0.25) is 0 Å². The fourth-order valence-corrected chi connectivity index (χ4v) is 4.00. The van der Waals surface area contributed by atoms with E-state index in [0.717, 1.165) is 27.4 Å². The molecule has 3 nitrogen and oxygen atoms in total. The molecule has 3 aromatic rings. The van der Waals surface area contributed by atoms with E-state index < -0.39 is 6.10 Å². The van der Waals surface area contributed by atoms with Crippen LogP contribution in [0, 0.1) is 0 Å². The van der Waals surface area contributed by atoms with Gasteiger partial charge in [-0.15, -0.1) is 0 Å². The zero-order chi connectivity index (χ0) is 18.3. The molecule has 0 N–H and O–H groups in total. The standard InChI is InChI=1S/C22H20BrNO2/c1-14-11-18-5-3-4-6-21(18)24(14)22(25)15(2)26-20-10-8-16-12-19(23)9-7-17(16)13-20/h3-10,12-15H,11H2,1-2H3/t14-,15-/m1/s1. The number of hydrogen-bond acceptors (Lipinski definition) is 2. The minimum atomic E-state index is -0.545. The van der Waals surface area contributed by atoms with Crippen LogP contribution in [0.1, 0.15) is 19.4 Å². The number of carbonyl (C=O) groups excluding carboxylic acids is 1. The molecule has 0 saturated heterocycles. The lowest BCUT2D eigenvalue weighted by Gasteiger charge is -2.26. The van der Waals surface area contributed by atoms with E-state index in [-0.39, 0.29) is 11.9 Å². The molecule has 0 aliphatic carbocycles. The average molecular weight is 410 g/mol. The van der Waals surface area contributed by atoms with E-state index in [1.165, 1.54) is 5.56 Å². The third kappa shape index (κ3) is 3.10. The van der Waals surface area contributed by atoms with Crippen molar-refractivity contribution >= 4 is 38.3 Å². The van der Waals surface area contributed by atoms with Gasteiger partial charge in [0.15, 0.2) is 6.10 Å². The predicted octanol–water partition coefficient (Wildman–Crippen LogP) is 5.35. The van der Waals surface area contributed by atoms with Gasteiger partial charge in [-0.05, 0) is 66.9 Å². The number of rotatable bonds is 3. The maximum absolute atomic E-state index is 13.0. The highest BCUT2D eigenvalue weighted by Gasteiger charge is 2.33.